The molecule has 1 amide bonds. The van der Waals surface area contributed by atoms with Crippen molar-refractivity contribution in [2.45, 2.75) is 13.8 Å². The first-order chi connectivity index (χ1) is 11.7. The maximum absolute atomic E-state index is 12.1. The van der Waals surface area contributed by atoms with Crippen molar-refractivity contribution < 1.29 is 9.53 Å². The van der Waals surface area contributed by atoms with Gasteiger partial charge >= 0.3 is 0 Å². The molecular weight excluding hydrogens is 320 g/mol. The molecule has 5 heteroatoms. The van der Waals surface area contributed by atoms with E-state index in [2.05, 4.69) is 10.3 Å². The number of carbonyl (C=O) groups is 1. The molecule has 0 bridgehead atoms. The smallest absolute Gasteiger partial charge is 0.250 e. The second-order valence-electron chi connectivity index (χ2n) is 5.27. The number of carbonyl (C=O) groups excluding carboxylic acids is 1. The molecule has 0 saturated heterocycles. The fraction of sp³-hybridized carbons (Fsp3) is 0.158. The van der Waals surface area contributed by atoms with E-state index in [1.54, 1.807) is 6.08 Å². The van der Waals surface area contributed by atoms with E-state index in [1.165, 1.54) is 17.4 Å². The van der Waals surface area contributed by atoms with Gasteiger partial charge in [0.1, 0.15) is 5.75 Å². The molecule has 0 unspecified atom stereocenters. The summed E-state index contributed by atoms with van der Waals surface area (Å²) in [7, 11) is 0. The molecule has 0 aliphatic heterocycles. The van der Waals surface area contributed by atoms with E-state index < -0.39 is 0 Å². The van der Waals surface area contributed by atoms with Crippen molar-refractivity contribution in [1.29, 1.82) is 0 Å². The van der Waals surface area contributed by atoms with Gasteiger partial charge in [-0.15, -0.1) is 0 Å². The first-order valence-electron chi connectivity index (χ1n) is 7.74. The molecule has 1 heterocycles. The van der Waals surface area contributed by atoms with Crippen molar-refractivity contribution >= 4 is 38.7 Å². The zero-order valence-electron chi connectivity index (χ0n) is 13.6. The first-order valence-corrected chi connectivity index (χ1v) is 8.55. The van der Waals surface area contributed by atoms with Crippen LogP contribution in [0.25, 0.3) is 16.3 Å². The molecule has 0 radical (unpaired) electrons. The number of nitrogens with zero attached hydrogens (tertiary/aromatic N) is 1. The highest BCUT2D eigenvalue weighted by atomic mass is 32.1. The minimum atomic E-state index is -0.194. The van der Waals surface area contributed by atoms with Gasteiger partial charge in [-0.05, 0) is 49.2 Å². The highest BCUT2D eigenvalue weighted by molar-refractivity contribution is 7.22. The van der Waals surface area contributed by atoms with Gasteiger partial charge in [-0.25, -0.2) is 4.98 Å². The number of thiazole rings is 1. The van der Waals surface area contributed by atoms with E-state index in [-0.39, 0.29) is 5.91 Å². The fourth-order valence-electron chi connectivity index (χ4n) is 2.30. The van der Waals surface area contributed by atoms with Gasteiger partial charge < -0.3 is 4.74 Å². The number of rotatable bonds is 5. The molecule has 0 saturated carbocycles. The molecule has 0 aliphatic carbocycles. The van der Waals surface area contributed by atoms with Crippen LogP contribution < -0.4 is 10.1 Å². The quantitative estimate of drug-likeness (QED) is 0.689. The molecule has 0 spiro atoms. The molecule has 24 heavy (non-hydrogen) atoms. The lowest BCUT2D eigenvalue weighted by atomic mass is 10.2. The van der Waals surface area contributed by atoms with Crippen LogP contribution >= 0.6 is 11.3 Å². The monoisotopic (exact) mass is 338 g/mol. The number of amides is 1. The number of ether oxygens (including phenoxy) is 1. The molecule has 0 fully saturated rings. The van der Waals surface area contributed by atoms with E-state index >= 15 is 0 Å². The lowest BCUT2D eigenvalue weighted by Gasteiger charge is -2.02. The van der Waals surface area contributed by atoms with Crippen molar-refractivity contribution in [2.24, 2.45) is 0 Å². The van der Waals surface area contributed by atoms with E-state index in [4.69, 9.17) is 4.74 Å². The summed E-state index contributed by atoms with van der Waals surface area (Å²) < 4.78 is 6.46. The van der Waals surface area contributed by atoms with Crippen molar-refractivity contribution in [3.63, 3.8) is 0 Å². The number of aromatic nitrogens is 1. The number of nitrogens with one attached hydrogen (secondary N) is 1. The fourth-order valence-corrected chi connectivity index (χ4v) is 3.25. The Bertz CT molecular complexity index is 882. The molecule has 4 nitrogen and oxygen atoms in total. The summed E-state index contributed by atoms with van der Waals surface area (Å²) in [4.78, 5) is 16.5. The van der Waals surface area contributed by atoms with Crippen LogP contribution in [0.2, 0.25) is 0 Å². The van der Waals surface area contributed by atoms with E-state index in [1.807, 2.05) is 56.3 Å². The van der Waals surface area contributed by atoms with Crippen molar-refractivity contribution in [3.8, 4) is 5.75 Å². The number of hydrogen-bond acceptors (Lipinski definition) is 4. The summed E-state index contributed by atoms with van der Waals surface area (Å²) in [5.74, 6) is 0.629. The Morgan fingerprint density at radius 3 is 2.75 bits per heavy atom. The van der Waals surface area contributed by atoms with E-state index in [0.29, 0.717) is 11.7 Å². The number of para-hydroxylation sites is 1. The zero-order valence-corrected chi connectivity index (χ0v) is 14.4. The van der Waals surface area contributed by atoms with Crippen LogP contribution in [0.5, 0.6) is 5.75 Å². The summed E-state index contributed by atoms with van der Waals surface area (Å²) in [6, 6.07) is 13.6. The summed E-state index contributed by atoms with van der Waals surface area (Å²) in [5, 5.41) is 3.43. The van der Waals surface area contributed by atoms with Gasteiger partial charge in [-0.3, -0.25) is 10.1 Å². The maximum atomic E-state index is 12.1. The third-order valence-corrected chi connectivity index (χ3v) is 4.41. The Hall–Kier alpha value is -2.66. The summed E-state index contributed by atoms with van der Waals surface area (Å²) >= 11 is 1.48. The van der Waals surface area contributed by atoms with Gasteiger partial charge in [0.05, 0.1) is 16.8 Å². The Labute approximate surface area is 144 Å². The standard InChI is InChI=1S/C19H18N2O2S/c1-3-23-15-10-7-14(8-11-15)9-12-17(22)20-19-21-18-13(2)5-4-6-16(18)24-19/h4-12H,3H2,1-2H3,(H,20,21,22)/b12-9+. The Morgan fingerprint density at radius 1 is 1.25 bits per heavy atom. The van der Waals surface area contributed by atoms with Crippen LogP contribution in [0, 0.1) is 6.92 Å². The average Bonchev–Trinajstić information content (AvgIpc) is 2.98. The molecule has 122 valence electrons. The lowest BCUT2D eigenvalue weighted by Crippen LogP contribution is -2.07. The van der Waals surface area contributed by atoms with Crippen molar-refractivity contribution in [1.82, 2.24) is 4.98 Å². The topological polar surface area (TPSA) is 51.2 Å². The van der Waals surface area contributed by atoms with E-state index in [9.17, 15) is 4.79 Å². The van der Waals surface area contributed by atoms with Crippen molar-refractivity contribution in [3.05, 3.63) is 59.7 Å². The predicted octanol–water partition coefficient (Wildman–Crippen LogP) is 4.66. The number of aryl methyl sites for hydroxylation is 1. The number of anilines is 1. The van der Waals surface area contributed by atoms with Crippen LogP contribution in [0.4, 0.5) is 5.13 Å². The van der Waals surface area contributed by atoms with Crippen LogP contribution in [0.3, 0.4) is 0 Å². The van der Waals surface area contributed by atoms with Crippen molar-refractivity contribution in [2.75, 3.05) is 11.9 Å². The average molecular weight is 338 g/mol. The molecule has 0 atom stereocenters. The minimum Gasteiger partial charge on any atom is -0.494 e. The molecule has 1 N–H and O–H groups in total. The predicted molar refractivity (Wildman–Crippen MR) is 99.6 cm³/mol. The normalized spacial score (nSPS) is 11.1. The Morgan fingerprint density at radius 2 is 2.04 bits per heavy atom. The number of fused-ring (bicyclic) bond motifs is 1. The first kappa shape index (κ1) is 16.2. The maximum Gasteiger partial charge on any atom is 0.250 e. The molecule has 2 aromatic carbocycles. The van der Waals surface area contributed by atoms with Gasteiger partial charge in [-0.1, -0.05) is 35.6 Å². The van der Waals surface area contributed by atoms with Crippen LogP contribution in [0.1, 0.15) is 18.1 Å². The number of hydrogen-bond donors (Lipinski definition) is 1. The SMILES string of the molecule is CCOc1ccc(/C=C/C(=O)Nc2nc3c(C)cccc3s2)cc1. The highest BCUT2D eigenvalue weighted by Gasteiger charge is 2.07. The Balaban J connectivity index is 1.66. The zero-order chi connectivity index (χ0) is 16.9. The van der Waals surface area contributed by atoms with Gasteiger partial charge in [0.2, 0.25) is 5.91 Å². The molecule has 3 rings (SSSR count). The largest absolute Gasteiger partial charge is 0.494 e. The Kier molecular flexibility index (Phi) is 4.91. The third-order valence-electron chi connectivity index (χ3n) is 3.47. The molecule has 3 aromatic rings. The van der Waals surface area contributed by atoms with Gasteiger partial charge in [0.15, 0.2) is 5.13 Å². The number of benzene rings is 2. The summed E-state index contributed by atoms with van der Waals surface area (Å²) in [6.45, 7) is 4.60. The van der Waals surface area contributed by atoms with Crippen LogP contribution in [0.15, 0.2) is 48.5 Å². The minimum absolute atomic E-state index is 0.194. The van der Waals surface area contributed by atoms with Crippen LogP contribution in [-0.2, 0) is 4.79 Å². The molecule has 1 aromatic heterocycles. The van der Waals surface area contributed by atoms with Gasteiger partial charge in [0.25, 0.3) is 0 Å². The van der Waals surface area contributed by atoms with E-state index in [0.717, 1.165) is 27.1 Å². The highest BCUT2D eigenvalue weighted by Crippen LogP contribution is 2.27. The second-order valence-corrected chi connectivity index (χ2v) is 6.30. The van der Waals surface area contributed by atoms with Gasteiger partial charge in [-0.2, -0.15) is 0 Å². The molecule has 0 aliphatic rings. The molecular formula is C19H18N2O2S. The van der Waals surface area contributed by atoms with Gasteiger partial charge in [0, 0.05) is 6.08 Å². The summed E-state index contributed by atoms with van der Waals surface area (Å²) in [6.07, 6.45) is 3.28. The second kappa shape index (κ2) is 7.27. The summed E-state index contributed by atoms with van der Waals surface area (Å²) in [5.41, 5.74) is 2.98. The lowest BCUT2D eigenvalue weighted by molar-refractivity contribution is -0.111. The third kappa shape index (κ3) is 3.81. The van der Waals surface area contributed by atoms with Crippen LogP contribution in [-0.4, -0.2) is 17.5 Å².